The number of para-hydroxylation sites is 2. The normalized spacial score (nSPS) is 18.5. The van der Waals surface area contributed by atoms with E-state index in [0.29, 0.717) is 26.2 Å². The maximum absolute atomic E-state index is 14.4. The number of amides is 1. The van der Waals surface area contributed by atoms with Crippen LogP contribution < -0.4 is 0 Å². The van der Waals surface area contributed by atoms with Gasteiger partial charge >= 0.3 is 0 Å². The van der Waals surface area contributed by atoms with Crippen molar-refractivity contribution in [3.8, 4) is 0 Å². The van der Waals surface area contributed by atoms with Crippen molar-refractivity contribution in [2.45, 2.75) is 36.5 Å². The average molecular weight is 457 g/mol. The Labute approximate surface area is 186 Å². The first-order chi connectivity index (χ1) is 15.4. The minimum Gasteiger partial charge on any atom is -0.342 e. The quantitative estimate of drug-likeness (QED) is 0.651. The molecule has 1 N–H and O–H groups in total. The Bertz CT molecular complexity index is 1230. The van der Waals surface area contributed by atoms with E-state index >= 15 is 0 Å². The molecule has 2 aliphatic rings. The first-order valence-electron chi connectivity index (χ1n) is 11.0. The Balaban J connectivity index is 1.31. The molecule has 2 saturated heterocycles. The van der Waals surface area contributed by atoms with Crippen molar-refractivity contribution < 1.29 is 17.6 Å². The lowest BCUT2D eigenvalue weighted by Gasteiger charge is -2.31. The fourth-order valence-electron chi connectivity index (χ4n) is 4.61. The largest absolute Gasteiger partial charge is 0.342 e. The summed E-state index contributed by atoms with van der Waals surface area (Å²) in [4.78, 5) is 22.4. The molecule has 0 aliphatic carbocycles. The third-order valence-electron chi connectivity index (χ3n) is 6.44. The molecule has 2 fully saturated rings. The molecular weight excluding hydrogens is 431 g/mol. The summed E-state index contributed by atoms with van der Waals surface area (Å²) in [5.74, 6) is 0.0628. The van der Waals surface area contributed by atoms with Gasteiger partial charge in [-0.25, -0.2) is 17.8 Å². The Morgan fingerprint density at radius 3 is 2.47 bits per heavy atom. The van der Waals surface area contributed by atoms with E-state index < -0.39 is 20.7 Å². The molecule has 2 aliphatic heterocycles. The second-order valence-corrected chi connectivity index (χ2v) is 10.4. The van der Waals surface area contributed by atoms with Crippen LogP contribution in [0.3, 0.4) is 0 Å². The van der Waals surface area contributed by atoms with Gasteiger partial charge in [0.15, 0.2) is 0 Å². The van der Waals surface area contributed by atoms with Gasteiger partial charge in [0.1, 0.15) is 16.5 Å². The van der Waals surface area contributed by atoms with Crippen LogP contribution in [0.25, 0.3) is 11.0 Å². The highest BCUT2D eigenvalue weighted by atomic mass is 32.2. The van der Waals surface area contributed by atoms with Crippen molar-refractivity contribution in [2.75, 3.05) is 26.2 Å². The number of benzene rings is 2. The SMILES string of the molecule is O=C(c1ccc(F)c(S(=O)(=O)N2CCCC2)c1)N1CCC(c2nc3ccccc3[nH]2)CC1. The van der Waals surface area contributed by atoms with E-state index in [4.69, 9.17) is 0 Å². The minimum atomic E-state index is -3.94. The van der Waals surface area contributed by atoms with Gasteiger partial charge in [-0.2, -0.15) is 4.31 Å². The summed E-state index contributed by atoms with van der Waals surface area (Å²) >= 11 is 0. The molecule has 7 nitrogen and oxygen atoms in total. The average Bonchev–Trinajstić information content (AvgIpc) is 3.49. The molecule has 0 atom stereocenters. The fraction of sp³-hybridized carbons (Fsp3) is 0.391. The van der Waals surface area contributed by atoms with Gasteiger partial charge in [0.2, 0.25) is 10.0 Å². The van der Waals surface area contributed by atoms with E-state index in [2.05, 4.69) is 9.97 Å². The Morgan fingerprint density at radius 1 is 1.03 bits per heavy atom. The molecule has 1 amide bonds. The van der Waals surface area contributed by atoms with Gasteiger partial charge in [-0.3, -0.25) is 4.79 Å². The number of carbonyl (C=O) groups excluding carboxylic acids is 1. The summed E-state index contributed by atoms with van der Waals surface area (Å²) < 4.78 is 41.4. The van der Waals surface area contributed by atoms with Crippen LogP contribution in [0.1, 0.15) is 47.8 Å². The summed E-state index contributed by atoms with van der Waals surface area (Å²) in [6.45, 7) is 1.84. The number of likely N-dealkylation sites (tertiary alicyclic amines) is 1. The number of fused-ring (bicyclic) bond motifs is 1. The van der Waals surface area contributed by atoms with E-state index in [0.717, 1.165) is 48.6 Å². The highest BCUT2D eigenvalue weighted by Crippen LogP contribution is 2.29. The summed E-state index contributed by atoms with van der Waals surface area (Å²) in [5.41, 5.74) is 2.13. The van der Waals surface area contributed by atoms with Crippen molar-refractivity contribution in [1.29, 1.82) is 0 Å². The first-order valence-corrected chi connectivity index (χ1v) is 12.4. The van der Waals surface area contributed by atoms with Crippen LogP contribution in [0, 0.1) is 5.82 Å². The molecule has 32 heavy (non-hydrogen) atoms. The van der Waals surface area contributed by atoms with Crippen molar-refractivity contribution in [1.82, 2.24) is 19.2 Å². The monoisotopic (exact) mass is 456 g/mol. The Morgan fingerprint density at radius 2 is 1.75 bits per heavy atom. The Kier molecular flexibility index (Phi) is 5.46. The standard InChI is InChI=1S/C23H25FN4O3S/c24-18-8-7-17(15-21(18)32(30,31)28-11-3-4-12-28)23(29)27-13-9-16(10-14-27)22-25-19-5-1-2-6-20(19)26-22/h1-2,5-8,15-16H,3-4,9-14H2,(H,25,26). The minimum absolute atomic E-state index is 0.200. The van der Waals surface area contributed by atoms with Crippen LogP contribution in [0.15, 0.2) is 47.4 Å². The maximum Gasteiger partial charge on any atom is 0.253 e. The molecule has 0 bridgehead atoms. The van der Waals surface area contributed by atoms with Gasteiger partial charge < -0.3 is 9.88 Å². The number of rotatable bonds is 4. The van der Waals surface area contributed by atoms with Crippen molar-refractivity contribution in [2.24, 2.45) is 0 Å². The van der Waals surface area contributed by atoms with Gasteiger partial charge in [0, 0.05) is 37.7 Å². The first kappa shape index (κ1) is 21.1. The third kappa shape index (κ3) is 3.80. The predicted molar refractivity (Wildman–Crippen MR) is 118 cm³/mol. The molecule has 168 valence electrons. The van der Waals surface area contributed by atoms with Gasteiger partial charge in [-0.15, -0.1) is 0 Å². The molecule has 3 aromatic rings. The van der Waals surface area contributed by atoms with Crippen LogP contribution in [-0.4, -0.2) is 59.7 Å². The number of piperidine rings is 1. The van der Waals surface area contributed by atoms with Gasteiger partial charge in [0.05, 0.1) is 11.0 Å². The zero-order valence-electron chi connectivity index (χ0n) is 17.6. The molecule has 0 radical (unpaired) electrons. The zero-order chi connectivity index (χ0) is 22.3. The van der Waals surface area contributed by atoms with Gasteiger partial charge in [-0.05, 0) is 56.0 Å². The molecular formula is C23H25FN4O3S. The van der Waals surface area contributed by atoms with E-state index in [-0.39, 0.29) is 17.4 Å². The number of halogens is 1. The molecule has 2 aromatic carbocycles. The third-order valence-corrected chi connectivity index (χ3v) is 8.35. The lowest BCUT2D eigenvalue weighted by Crippen LogP contribution is -2.38. The number of nitrogens with zero attached hydrogens (tertiary/aromatic N) is 3. The summed E-state index contributed by atoms with van der Waals surface area (Å²) in [6.07, 6.45) is 3.04. The number of aromatic amines is 1. The number of H-pyrrole nitrogens is 1. The van der Waals surface area contributed by atoms with Crippen molar-refractivity contribution in [3.63, 3.8) is 0 Å². The summed E-state index contributed by atoms with van der Waals surface area (Å²) in [5, 5.41) is 0. The molecule has 0 saturated carbocycles. The van der Waals surface area contributed by atoms with Crippen molar-refractivity contribution >= 4 is 27.0 Å². The molecule has 3 heterocycles. The smallest absolute Gasteiger partial charge is 0.253 e. The topological polar surface area (TPSA) is 86.4 Å². The van der Waals surface area contributed by atoms with E-state index in [9.17, 15) is 17.6 Å². The lowest BCUT2D eigenvalue weighted by molar-refractivity contribution is 0.0711. The highest BCUT2D eigenvalue weighted by molar-refractivity contribution is 7.89. The number of nitrogens with one attached hydrogen (secondary N) is 1. The number of carbonyl (C=O) groups is 1. The molecule has 0 unspecified atom stereocenters. The molecule has 0 spiro atoms. The zero-order valence-corrected chi connectivity index (χ0v) is 18.4. The molecule has 1 aromatic heterocycles. The molecule has 5 rings (SSSR count). The maximum atomic E-state index is 14.4. The van der Waals surface area contributed by atoms with Gasteiger partial charge in [0.25, 0.3) is 5.91 Å². The van der Waals surface area contributed by atoms with E-state index in [1.54, 1.807) is 4.90 Å². The van der Waals surface area contributed by atoms with E-state index in [1.165, 1.54) is 16.4 Å². The second kappa shape index (κ2) is 8.29. The summed E-state index contributed by atoms with van der Waals surface area (Å²) in [6, 6.07) is 11.5. The van der Waals surface area contributed by atoms with Crippen LogP contribution >= 0.6 is 0 Å². The summed E-state index contributed by atoms with van der Waals surface area (Å²) in [7, 11) is -3.94. The number of hydrogen-bond acceptors (Lipinski definition) is 4. The predicted octanol–water partition coefficient (Wildman–Crippen LogP) is 3.51. The van der Waals surface area contributed by atoms with Crippen LogP contribution in [0.5, 0.6) is 0 Å². The molecule has 9 heteroatoms. The fourth-order valence-corrected chi connectivity index (χ4v) is 6.21. The lowest BCUT2D eigenvalue weighted by atomic mass is 9.95. The number of sulfonamides is 1. The van der Waals surface area contributed by atoms with Crippen LogP contribution in [0.4, 0.5) is 4.39 Å². The second-order valence-electron chi connectivity index (χ2n) is 8.46. The van der Waals surface area contributed by atoms with Gasteiger partial charge in [-0.1, -0.05) is 12.1 Å². The van der Waals surface area contributed by atoms with Crippen LogP contribution in [0.2, 0.25) is 0 Å². The number of hydrogen-bond donors (Lipinski definition) is 1. The number of aromatic nitrogens is 2. The van der Waals surface area contributed by atoms with Crippen molar-refractivity contribution in [3.05, 3.63) is 59.7 Å². The number of imidazole rings is 1. The Hall–Kier alpha value is -2.78. The highest BCUT2D eigenvalue weighted by Gasteiger charge is 2.32. The van der Waals surface area contributed by atoms with Crippen LogP contribution in [-0.2, 0) is 10.0 Å². The van der Waals surface area contributed by atoms with E-state index in [1.807, 2.05) is 24.3 Å².